The number of pyridine rings is 1. The van der Waals surface area contributed by atoms with Crippen LogP contribution in [0.2, 0.25) is 0 Å². The van der Waals surface area contributed by atoms with Crippen molar-refractivity contribution < 1.29 is 8.42 Å². The smallest absolute Gasteiger partial charge is 0.242 e. The second-order valence-corrected chi connectivity index (χ2v) is 8.51. The molecule has 0 bridgehead atoms. The van der Waals surface area contributed by atoms with Crippen molar-refractivity contribution >= 4 is 15.7 Å². The van der Waals surface area contributed by atoms with E-state index in [2.05, 4.69) is 22.1 Å². The van der Waals surface area contributed by atoms with Crippen molar-refractivity contribution in [2.45, 2.75) is 24.4 Å². The number of aromatic nitrogens is 1. The molecule has 2 aromatic rings. The Labute approximate surface area is 150 Å². The predicted molar refractivity (Wildman–Crippen MR) is 101 cm³/mol. The summed E-state index contributed by atoms with van der Waals surface area (Å²) >= 11 is 0. The summed E-state index contributed by atoms with van der Waals surface area (Å²) in [7, 11) is 3.68. The van der Waals surface area contributed by atoms with Crippen LogP contribution in [0.5, 0.6) is 0 Å². The van der Waals surface area contributed by atoms with E-state index in [0.717, 1.165) is 16.8 Å². The second kappa shape index (κ2) is 7.95. The van der Waals surface area contributed by atoms with Crippen molar-refractivity contribution in [3.8, 4) is 0 Å². The molecule has 1 aromatic heterocycles. The first-order chi connectivity index (χ1) is 11.7. The van der Waals surface area contributed by atoms with E-state index >= 15 is 0 Å². The molecule has 136 valence electrons. The fourth-order valence-corrected chi connectivity index (χ4v) is 3.41. The van der Waals surface area contributed by atoms with Crippen LogP contribution >= 0.6 is 0 Å². The maximum atomic E-state index is 12.1. The van der Waals surface area contributed by atoms with Crippen molar-refractivity contribution in [2.24, 2.45) is 0 Å². The maximum Gasteiger partial charge on any atom is 0.242 e. The zero-order chi connectivity index (χ0) is 18.6. The van der Waals surface area contributed by atoms with Crippen LogP contribution in [0.1, 0.15) is 24.1 Å². The third kappa shape index (κ3) is 4.56. The molecule has 1 aromatic carbocycles. The summed E-state index contributed by atoms with van der Waals surface area (Å²) in [6.45, 7) is 2.74. The van der Waals surface area contributed by atoms with Crippen molar-refractivity contribution in [3.63, 3.8) is 0 Å². The molecule has 0 amide bonds. The van der Waals surface area contributed by atoms with Gasteiger partial charge in [-0.1, -0.05) is 12.1 Å². The average molecular weight is 362 g/mol. The number of hydrogen-bond donors (Lipinski definition) is 1. The Morgan fingerprint density at radius 1 is 1.08 bits per heavy atom. The van der Waals surface area contributed by atoms with E-state index in [0.29, 0.717) is 11.4 Å². The van der Waals surface area contributed by atoms with Gasteiger partial charge in [-0.15, -0.1) is 0 Å². The molecule has 0 aliphatic rings. The number of rotatable bonds is 7. The Hall–Kier alpha value is -1.96. The lowest BCUT2D eigenvalue weighted by Gasteiger charge is -2.20. The molecule has 2 rings (SSSR count). The van der Waals surface area contributed by atoms with Gasteiger partial charge in [0, 0.05) is 64.4 Å². The summed E-state index contributed by atoms with van der Waals surface area (Å²) in [6.07, 6.45) is 3.65. The summed E-state index contributed by atoms with van der Waals surface area (Å²) < 4.78 is 25.5. The summed E-state index contributed by atoms with van der Waals surface area (Å²) in [5.41, 5.74) is 3.28. The van der Waals surface area contributed by atoms with E-state index in [4.69, 9.17) is 0 Å². The lowest BCUT2D eigenvalue weighted by Crippen LogP contribution is -2.23. The minimum atomic E-state index is -3.39. The molecule has 7 heteroatoms. The summed E-state index contributed by atoms with van der Waals surface area (Å²) in [5, 5.41) is 3.46. The van der Waals surface area contributed by atoms with Gasteiger partial charge in [0.1, 0.15) is 0 Å². The SMILES string of the molecule is CC(NCc1cnccc1N(C)C)c1ccc(S(=O)(=O)N(C)C)cc1. The molecule has 1 N–H and O–H groups in total. The standard InChI is InChI=1S/C18H26N4O2S/c1-14(20-13-16-12-19-11-10-18(16)21(2)3)15-6-8-17(9-7-15)25(23,24)22(4)5/h6-12,14,20H,13H2,1-5H3. The number of nitrogens with zero attached hydrogens (tertiary/aromatic N) is 3. The van der Waals surface area contributed by atoms with Crippen LogP contribution in [0, 0.1) is 0 Å². The van der Waals surface area contributed by atoms with Crippen LogP contribution < -0.4 is 10.2 Å². The number of anilines is 1. The molecule has 0 fully saturated rings. The van der Waals surface area contributed by atoms with Crippen LogP contribution in [0.4, 0.5) is 5.69 Å². The molecule has 1 atom stereocenters. The van der Waals surface area contributed by atoms with Crippen molar-refractivity contribution in [1.29, 1.82) is 0 Å². The average Bonchev–Trinajstić information content (AvgIpc) is 2.59. The lowest BCUT2D eigenvalue weighted by molar-refractivity contribution is 0.520. The topological polar surface area (TPSA) is 65.5 Å². The highest BCUT2D eigenvalue weighted by molar-refractivity contribution is 7.89. The van der Waals surface area contributed by atoms with E-state index in [9.17, 15) is 8.42 Å². The minimum Gasteiger partial charge on any atom is -0.377 e. The van der Waals surface area contributed by atoms with Gasteiger partial charge in [-0.2, -0.15) is 0 Å². The molecule has 25 heavy (non-hydrogen) atoms. The Bertz CT molecular complexity index is 802. The fourth-order valence-electron chi connectivity index (χ4n) is 2.51. The minimum absolute atomic E-state index is 0.0892. The van der Waals surface area contributed by atoms with Gasteiger partial charge >= 0.3 is 0 Å². The zero-order valence-electron chi connectivity index (χ0n) is 15.4. The molecule has 0 saturated heterocycles. The number of nitrogens with one attached hydrogen (secondary N) is 1. The van der Waals surface area contributed by atoms with Crippen molar-refractivity contribution in [2.75, 3.05) is 33.1 Å². The van der Waals surface area contributed by atoms with Crippen LogP contribution in [-0.4, -0.2) is 45.9 Å². The molecular weight excluding hydrogens is 336 g/mol. The molecule has 0 saturated carbocycles. The molecular formula is C18H26N4O2S. The van der Waals surface area contributed by atoms with E-state index in [1.807, 2.05) is 38.5 Å². The second-order valence-electron chi connectivity index (χ2n) is 6.36. The Kier molecular flexibility index (Phi) is 6.16. The van der Waals surface area contributed by atoms with Gasteiger partial charge in [-0.25, -0.2) is 12.7 Å². The Balaban J connectivity index is 2.08. The van der Waals surface area contributed by atoms with Gasteiger partial charge in [0.15, 0.2) is 0 Å². The van der Waals surface area contributed by atoms with Gasteiger partial charge in [0.25, 0.3) is 0 Å². The van der Waals surface area contributed by atoms with Gasteiger partial charge in [-0.05, 0) is 30.7 Å². The van der Waals surface area contributed by atoms with Gasteiger partial charge in [0.2, 0.25) is 10.0 Å². The highest BCUT2D eigenvalue weighted by Gasteiger charge is 2.17. The number of hydrogen-bond acceptors (Lipinski definition) is 5. The van der Waals surface area contributed by atoms with Crippen LogP contribution in [0.25, 0.3) is 0 Å². The van der Waals surface area contributed by atoms with E-state index in [1.165, 1.54) is 18.4 Å². The Morgan fingerprint density at radius 2 is 1.72 bits per heavy atom. The molecule has 0 radical (unpaired) electrons. The summed E-state index contributed by atoms with van der Waals surface area (Å²) in [5.74, 6) is 0. The highest BCUT2D eigenvalue weighted by Crippen LogP contribution is 2.20. The van der Waals surface area contributed by atoms with E-state index < -0.39 is 10.0 Å². The van der Waals surface area contributed by atoms with Crippen LogP contribution in [-0.2, 0) is 16.6 Å². The molecule has 0 spiro atoms. The summed E-state index contributed by atoms with van der Waals surface area (Å²) in [4.78, 5) is 6.56. The number of benzene rings is 1. The zero-order valence-corrected chi connectivity index (χ0v) is 16.2. The molecule has 0 aliphatic heterocycles. The molecule has 6 nitrogen and oxygen atoms in total. The first-order valence-corrected chi connectivity index (χ1v) is 9.53. The van der Waals surface area contributed by atoms with Gasteiger partial charge in [-0.3, -0.25) is 4.98 Å². The predicted octanol–water partition coefficient (Wildman–Crippen LogP) is 2.25. The van der Waals surface area contributed by atoms with E-state index in [1.54, 1.807) is 18.3 Å². The van der Waals surface area contributed by atoms with Crippen molar-refractivity contribution in [1.82, 2.24) is 14.6 Å². The monoisotopic (exact) mass is 362 g/mol. The Morgan fingerprint density at radius 3 is 2.28 bits per heavy atom. The normalized spacial score (nSPS) is 13.0. The molecule has 1 heterocycles. The maximum absolute atomic E-state index is 12.1. The first kappa shape index (κ1) is 19.4. The van der Waals surface area contributed by atoms with Gasteiger partial charge in [0.05, 0.1) is 4.90 Å². The number of sulfonamides is 1. The molecule has 0 aliphatic carbocycles. The van der Waals surface area contributed by atoms with Crippen LogP contribution in [0.15, 0.2) is 47.6 Å². The van der Waals surface area contributed by atoms with Gasteiger partial charge < -0.3 is 10.2 Å². The summed E-state index contributed by atoms with van der Waals surface area (Å²) in [6, 6.07) is 9.08. The lowest BCUT2D eigenvalue weighted by atomic mass is 10.1. The third-order valence-electron chi connectivity index (χ3n) is 4.12. The third-order valence-corrected chi connectivity index (χ3v) is 5.95. The molecule has 1 unspecified atom stereocenters. The first-order valence-electron chi connectivity index (χ1n) is 8.09. The quantitative estimate of drug-likeness (QED) is 0.818. The largest absolute Gasteiger partial charge is 0.377 e. The van der Waals surface area contributed by atoms with E-state index in [-0.39, 0.29) is 6.04 Å². The van der Waals surface area contributed by atoms with Crippen molar-refractivity contribution in [3.05, 3.63) is 53.9 Å². The highest BCUT2D eigenvalue weighted by atomic mass is 32.2. The fraction of sp³-hybridized carbons (Fsp3) is 0.389. The van der Waals surface area contributed by atoms with Crippen LogP contribution in [0.3, 0.4) is 0 Å².